The van der Waals surface area contributed by atoms with Gasteiger partial charge in [0.15, 0.2) is 13.6 Å². The minimum Gasteiger partial charge on any atom is -0.480 e. The molecule has 1 N–H and O–H groups in total. The molecule has 3 nitrogen and oxygen atoms in total. The third-order valence-electron chi connectivity index (χ3n) is 1.93. The summed E-state index contributed by atoms with van der Waals surface area (Å²) in [5.41, 5.74) is 0.541. The average molecular weight is 196 g/mol. The largest absolute Gasteiger partial charge is 0.480 e. The van der Waals surface area contributed by atoms with Crippen LogP contribution in [0.15, 0.2) is 30.3 Å². The molecule has 1 unspecified atom stereocenters. The van der Waals surface area contributed by atoms with E-state index >= 15 is 0 Å². The Morgan fingerprint density at radius 2 is 1.92 bits per heavy atom. The number of aliphatic carboxylic acids is 1. The van der Waals surface area contributed by atoms with Crippen molar-refractivity contribution in [3.63, 3.8) is 0 Å². The second-order valence-corrected chi connectivity index (χ2v) is 3.91. The zero-order chi connectivity index (χ0) is 9.90. The summed E-state index contributed by atoms with van der Waals surface area (Å²) in [6.07, 6.45) is 0. The van der Waals surface area contributed by atoms with Gasteiger partial charge in [-0.2, -0.15) is 0 Å². The van der Waals surface area contributed by atoms with Crippen LogP contribution in [0.25, 0.3) is 0 Å². The molecular formula is C9H9O3P. The molecule has 0 spiro atoms. The van der Waals surface area contributed by atoms with Crippen LogP contribution in [0.3, 0.4) is 0 Å². The lowest BCUT2D eigenvalue weighted by molar-refractivity contribution is -0.139. The second-order valence-electron chi connectivity index (χ2n) is 2.83. The number of carbonyl (C=O) groups is 1. The molecule has 1 atom stereocenters. The number of carboxylic acid groups (broad SMARTS) is 1. The Labute approximate surface area is 77.6 Å². The molecule has 0 fully saturated rings. The Morgan fingerprint density at radius 1 is 1.38 bits per heavy atom. The lowest BCUT2D eigenvalue weighted by atomic mass is 10.0. The van der Waals surface area contributed by atoms with Crippen molar-refractivity contribution < 1.29 is 14.5 Å². The number of carboxylic acids is 1. The molecule has 0 saturated heterocycles. The van der Waals surface area contributed by atoms with Crippen LogP contribution in [0.5, 0.6) is 0 Å². The third-order valence-corrected chi connectivity index (χ3v) is 2.75. The quantitative estimate of drug-likeness (QED) is 0.754. The van der Waals surface area contributed by atoms with Gasteiger partial charge < -0.3 is 5.11 Å². The first-order valence-electron chi connectivity index (χ1n) is 3.74. The lowest BCUT2D eigenvalue weighted by Gasteiger charge is -2.15. The Bertz CT molecular complexity index is 323. The number of hydrogen-bond donors (Lipinski definition) is 1. The zero-order valence-corrected chi connectivity index (χ0v) is 7.99. The standard InChI is InChI=1S/C9H9O3P/c1-9(13-12,8(10)11)7-5-3-2-4-6-7/h2-6H,1H3,(H,10,11). The fourth-order valence-corrected chi connectivity index (χ4v) is 1.31. The Morgan fingerprint density at radius 3 is 2.31 bits per heavy atom. The SMILES string of the molecule is CC(P=O)(C(=O)O)c1ccccc1. The van der Waals surface area contributed by atoms with Crippen LogP contribution in [0.2, 0.25) is 0 Å². The summed E-state index contributed by atoms with van der Waals surface area (Å²) in [4.78, 5) is 10.8. The van der Waals surface area contributed by atoms with E-state index < -0.39 is 19.6 Å². The van der Waals surface area contributed by atoms with Crippen LogP contribution in [0, 0.1) is 0 Å². The summed E-state index contributed by atoms with van der Waals surface area (Å²) in [7, 11) is -0.403. The Hall–Kier alpha value is -1.21. The highest BCUT2D eigenvalue weighted by molar-refractivity contribution is 7.27. The smallest absolute Gasteiger partial charge is 0.325 e. The maximum atomic E-state index is 10.8. The van der Waals surface area contributed by atoms with Crippen molar-refractivity contribution in [3.05, 3.63) is 35.9 Å². The molecule has 68 valence electrons. The molecule has 13 heavy (non-hydrogen) atoms. The third kappa shape index (κ3) is 1.76. The van der Waals surface area contributed by atoms with Gasteiger partial charge in [-0.25, -0.2) is 0 Å². The van der Waals surface area contributed by atoms with Crippen molar-refractivity contribution in [2.24, 2.45) is 0 Å². The molecule has 1 aromatic rings. The lowest BCUT2D eigenvalue weighted by Crippen LogP contribution is -2.25. The van der Waals surface area contributed by atoms with Gasteiger partial charge in [0.25, 0.3) is 0 Å². The van der Waals surface area contributed by atoms with E-state index in [2.05, 4.69) is 0 Å². The summed E-state index contributed by atoms with van der Waals surface area (Å²) in [6.45, 7) is 1.43. The molecule has 0 saturated carbocycles. The predicted molar refractivity (Wildman–Crippen MR) is 49.0 cm³/mol. The minimum absolute atomic E-state index is 0.403. The molecule has 0 aliphatic rings. The van der Waals surface area contributed by atoms with Crippen LogP contribution in [-0.4, -0.2) is 11.1 Å². The highest BCUT2D eigenvalue weighted by atomic mass is 31.1. The van der Waals surface area contributed by atoms with Crippen LogP contribution in [0.4, 0.5) is 0 Å². The monoisotopic (exact) mass is 196 g/mol. The van der Waals surface area contributed by atoms with E-state index in [0.29, 0.717) is 5.56 Å². The number of hydrogen-bond acceptors (Lipinski definition) is 2. The zero-order valence-electron chi connectivity index (χ0n) is 7.10. The van der Waals surface area contributed by atoms with Gasteiger partial charge in [0.1, 0.15) is 0 Å². The maximum Gasteiger partial charge on any atom is 0.325 e. The summed E-state index contributed by atoms with van der Waals surface area (Å²) in [5, 5.41) is 7.55. The number of rotatable bonds is 3. The Kier molecular flexibility index (Phi) is 2.79. The van der Waals surface area contributed by atoms with Crippen molar-refractivity contribution in [1.82, 2.24) is 0 Å². The molecule has 1 aromatic carbocycles. The molecule has 1 rings (SSSR count). The molecule has 0 aliphatic heterocycles. The van der Waals surface area contributed by atoms with Gasteiger partial charge >= 0.3 is 5.97 Å². The maximum absolute atomic E-state index is 10.8. The van der Waals surface area contributed by atoms with Gasteiger partial charge in [-0.1, -0.05) is 30.3 Å². The summed E-state index contributed by atoms with van der Waals surface area (Å²) in [6, 6.07) is 8.54. The Balaban J connectivity index is 3.18. The van der Waals surface area contributed by atoms with Crippen molar-refractivity contribution in [1.29, 1.82) is 0 Å². The first kappa shape index (κ1) is 9.87. The molecule has 0 bridgehead atoms. The van der Waals surface area contributed by atoms with E-state index in [1.54, 1.807) is 30.3 Å². The second kappa shape index (κ2) is 3.67. The van der Waals surface area contributed by atoms with E-state index in [9.17, 15) is 9.36 Å². The molecule has 0 aromatic heterocycles. The van der Waals surface area contributed by atoms with Gasteiger partial charge in [-0.3, -0.25) is 9.36 Å². The van der Waals surface area contributed by atoms with Crippen LogP contribution >= 0.6 is 8.46 Å². The van der Waals surface area contributed by atoms with Crippen LogP contribution < -0.4 is 0 Å². The molecule has 0 amide bonds. The van der Waals surface area contributed by atoms with Gasteiger partial charge in [-0.15, -0.1) is 0 Å². The first-order chi connectivity index (χ1) is 6.11. The first-order valence-corrected chi connectivity index (χ1v) is 4.56. The van der Waals surface area contributed by atoms with E-state index in [-0.39, 0.29) is 0 Å². The van der Waals surface area contributed by atoms with Crippen LogP contribution in [0.1, 0.15) is 12.5 Å². The van der Waals surface area contributed by atoms with Crippen LogP contribution in [-0.2, 0) is 14.5 Å². The average Bonchev–Trinajstić information content (AvgIpc) is 2.17. The molecule has 4 heteroatoms. The summed E-state index contributed by atoms with van der Waals surface area (Å²) >= 11 is 0. The molecule has 0 aliphatic carbocycles. The highest BCUT2D eigenvalue weighted by Gasteiger charge is 2.36. The van der Waals surface area contributed by atoms with Gasteiger partial charge in [0, 0.05) is 0 Å². The normalized spacial score (nSPS) is 15.2. The highest BCUT2D eigenvalue weighted by Crippen LogP contribution is 2.34. The van der Waals surface area contributed by atoms with Gasteiger partial charge in [0.2, 0.25) is 0 Å². The van der Waals surface area contributed by atoms with E-state index in [0.717, 1.165) is 0 Å². The summed E-state index contributed by atoms with van der Waals surface area (Å²) < 4.78 is 10.8. The van der Waals surface area contributed by atoms with Gasteiger partial charge in [-0.05, 0) is 12.5 Å². The molecular weight excluding hydrogens is 187 g/mol. The summed E-state index contributed by atoms with van der Waals surface area (Å²) in [5.74, 6) is -1.09. The van der Waals surface area contributed by atoms with E-state index in [1.807, 2.05) is 0 Å². The topological polar surface area (TPSA) is 54.4 Å². The number of benzene rings is 1. The van der Waals surface area contributed by atoms with Gasteiger partial charge in [0.05, 0.1) is 0 Å². The van der Waals surface area contributed by atoms with Crippen molar-refractivity contribution in [3.8, 4) is 0 Å². The molecule has 0 radical (unpaired) electrons. The molecule has 0 heterocycles. The predicted octanol–water partition coefficient (Wildman–Crippen LogP) is 2.28. The van der Waals surface area contributed by atoms with Crippen molar-refractivity contribution in [2.75, 3.05) is 0 Å². The fraction of sp³-hybridized carbons (Fsp3) is 0.222. The minimum atomic E-state index is -1.33. The van der Waals surface area contributed by atoms with Crippen molar-refractivity contribution in [2.45, 2.75) is 12.1 Å². The fourth-order valence-electron chi connectivity index (χ4n) is 0.978. The van der Waals surface area contributed by atoms with Crippen molar-refractivity contribution >= 4 is 14.4 Å². The van der Waals surface area contributed by atoms with E-state index in [4.69, 9.17) is 5.11 Å². The van der Waals surface area contributed by atoms with E-state index in [1.165, 1.54) is 6.92 Å².